The van der Waals surface area contributed by atoms with Crippen LogP contribution in [0.5, 0.6) is 5.88 Å². The van der Waals surface area contributed by atoms with Crippen LogP contribution in [0.2, 0.25) is 0 Å². The van der Waals surface area contributed by atoms with Crippen LogP contribution in [0.4, 0.5) is 0 Å². The fourth-order valence-corrected chi connectivity index (χ4v) is 3.92. The SMILES string of the molecule is CN=C(NCc1cccc(OC)n1)NC1CCN(C(=O)C2CCCCC2)C1.I. The number of aliphatic imine (C=N–C) groups is 1. The first-order valence-electron chi connectivity index (χ1n) is 9.95. The van der Waals surface area contributed by atoms with Gasteiger partial charge in [-0.25, -0.2) is 4.98 Å². The second-order valence-corrected chi connectivity index (χ2v) is 7.35. The van der Waals surface area contributed by atoms with Crippen molar-refractivity contribution in [3.8, 4) is 5.88 Å². The van der Waals surface area contributed by atoms with E-state index >= 15 is 0 Å². The van der Waals surface area contributed by atoms with Crippen LogP contribution in [0.1, 0.15) is 44.2 Å². The molecule has 1 aliphatic carbocycles. The van der Waals surface area contributed by atoms with E-state index in [9.17, 15) is 4.79 Å². The van der Waals surface area contributed by atoms with Crippen molar-refractivity contribution >= 4 is 35.8 Å². The number of carbonyl (C=O) groups excluding carboxylic acids is 1. The molecule has 0 spiro atoms. The van der Waals surface area contributed by atoms with Crippen LogP contribution < -0.4 is 15.4 Å². The fraction of sp³-hybridized carbons (Fsp3) is 0.650. The lowest BCUT2D eigenvalue weighted by Crippen LogP contribution is -2.45. The maximum atomic E-state index is 12.7. The number of rotatable bonds is 5. The van der Waals surface area contributed by atoms with Crippen molar-refractivity contribution < 1.29 is 9.53 Å². The van der Waals surface area contributed by atoms with E-state index in [-0.39, 0.29) is 35.9 Å². The smallest absolute Gasteiger partial charge is 0.225 e. The molecule has 7 nitrogen and oxygen atoms in total. The molecular formula is C20H32IN5O2. The van der Waals surface area contributed by atoms with Crippen molar-refractivity contribution in [2.75, 3.05) is 27.2 Å². The van der Waals surface area contributed by atoms with E-state index in [1.54, 1.807) is 14.2 Å². The quantitative estimate of drug-likeness (QED) is 0.369. The highest BCUT2D eigenvalue weighted by atomic mass is 127. The van der Waals surface area contributed by atoms with Crippen molar-refractivity contribution in [3.05, 3.63) is 23.9 Å². The molecule has 0 bridgehead atoms. The number of nitrogens with one attached hydrogen (secondary N) is 2. The third-order valence-electron chi connectivity index (χ3n) is 5.45. The molecule has 1 unspecified atom stereocenters. The van der Waals surface area contributed by atoms with E-state index in [2.05, 4.69) is 20.6 Å². The molecule has 3 rings (SSSR count). The van der Waals surface area contributed by atoms with Gasteiger partial charge in [0.1, 0.15) is 0 Å². The molecule has 0 radical (unpaired) electrons. The summed E-state index contributed by atoms with van der Waals surface area (Å²) in [6, 6.07) is 5.93. The highest BCUT2D eigenvalue weighted by molar-refractivity contribution is 14.0. The number of aromatic nitrogens is 1. The van der Waals surface area contributed by atoms with Crippen LogP contribution >= 0.6 is 24.0 Å². The molecule has 2 aliphatic rings. The fourth-order valence-electron chi connectivity index (χ4n) is 3.92. The van der Waals surface area contributed by atoms with Gasteiger partial charge in [0.15, 0.2) is 5.96 Å². The third-order valence-corrected chi connectivity index (χ3v) is 5.45. The third kappa shape index (κ3) is 6.22. The lowest BCUT2D eigenvalue weighted by atomic mass is 9.88. The summed E-state index contributed by atoms with van der Waals surface area (Å²) in [6.07, 6.45) is 6.74. The Morgan fingerprint density at radius 2 is 2.07 bits per heavy atom. The van der Waals surface area contributed by atoms with E-state index in [0.717, 1.165) is 44.0 Å². The number of methoxy groups -OCH3 is 1. The average molecular weight is 501 g/mol. The summed E-state index contributed by atoms with van der Waals surface area (Å²) in [5, 5.41) is 6.73. The van der Waals surface area contributed by atoms with Gasteiger partial charge < -0.3 is 20.3 Å². The van der Waals surface area contributed by atoms with Crippen LogP contribution in [0.25, 0.3) is 0 Å². The van der Waals surface area contributed by atoms with Gasteiger partial charge in [-0.2, -0.15) is 0 Å². The average Bonchev–Trinajstić information content (AvgIpc) is 3.19. The molecule has 1 aromatic heterocycles. The summed E-state index contributed by atoms with van der Waals surface area (Å²) in [6.45, 7) is 2.16. The number of ether oxygens (including phenoxy) is 1. The summed E-state index contributed by atoms with van der Waals surface area (Å²) in [4.78, 5) is 23.4. The molecule has 0 aromatic carbocycles. The second kappa shape index (κ2) is 11.4. The zero-order valence-corrected chi connectivity index (χ0v) is 19.1. The summed E-state index contributed by atoms with van der Waals surface area (Å²) < 4.78 is 5.16. The van der Waals surface area contributed by atoms with Crippen LogP contribution in [0, 0.1) is 5.92 Å². The predicted molar refractivity (Wildman–Crippen MR) is 121 cm³/mol. The first-order valence-corrected chi connectivity index (χ1v) is 9.95. The van der Waals surface area contributed by atoms with E-state index in [1.165, 1.54) is 19.3 Å². The number of likely N-dealkylation sites (tertiary alicyclic amines) is 1. The molecule has 1 amide bonds. The Morgan fingerprint density at radius 3 is 2.79 bits per heavy atom. The van der Waals surface area contributed by atoms with E-state index in [4.69, 9.17) is 4.74 Å². The second-order valence-electron chi connectivity index (χ2n) is 7.35. The normalized spacial score (nSPS) is 20.4. The number of nitrogens with zero attached hydrogens (tertiary/aromatic N) is 3. The standard InChI is InChI=1S/C20H31N5O2.HI/c1-21-20(22-13-16-9-6-10-18(23-16)27-2)24-17-11-12-25(14-17)19(26)15-7-4-3-5-8-15;/h6,9-10,15,17H,3-5,7-8,11-14H2,1-2H3,(H2,21,22,24);1H. The molecule has 1 aliphatic heterocycles. The first kappa shape index (κ1) is 22.7. The van der Waals surface area contributed by atoms with Crippen LogP contribution in [0.3, 0.4) is 0 Å². The van der Waals surface area contributed by atoms with Gasteiger partial charge in [0, 0.05) is 38.2 Å². The van der Waals surface area contributed by atoms with Gasteiger partial charge in [0.25, 0.3) is 0 Å². The van der Waals surface area contributed by atoms with E-state index < -0.39 is 0 Å². The number of pyridine rings is 1. The molecule has 2 N–H and O–H groups in total. The maximum absolute atomic E-state index is 12.7. The summed E-state index contributed by atoms with van der Waals surface area (Å²) >= 11 is 0. The minimum Gasteiger partial charge on any atom is -0.481 e. The highest BCUT2D eigenvalue weighted by Gasteiger charge is 2.31. The van der Waals surface area contributed by atoms with Crippen molar-refractivity contribution in [2.24, 2.45) is 10.9 Å². The van der Waals surface area contributed by atoms with Crippen molar-refractivity contribution in [2.45, 2.75) is 51.1 Å². The van der Waals surface area contributed by atoms with Crippen molar-refractivity contribution in [1.29, 1.82) is 0 Å². The summed E-state index contributed by atoms with van der Waals surface area (Å²) in [5.41, 5.74) is 0.887. The van der Waals surface area contributed by atoms with Gasteiger partial charge in [0.05, 0.1) is 19.3 Å². The zero-order chi connectivity index (χ0) is 19.1. The molecule has 1 aromatic rings. The molecular weight excluding hydrogens is 469 g/mol. The lowest BCUT2D eigenvalue weighted by Gasteiger charge is -2.26. The predicted octanol–water partition coefficient (Wildman–Crippen LogP) is 2.55. The van der Waals surface area contributed by atoms with Crippen LogP contribution in [-0.4, -0.2) is 55.0 Å². The molecule has 1 saturated carbocycles. The number of carbonyl (C=O) groups is 1. The monoisotopic (exact) mass is 501 g/mol. The van der Waals surface area contributed by atoms with Gasteiger partial charge >= 0.3 is 0 Å². The Labute approximate surface area is 184 Å². The molecule has 1 atom stereocenters. The molecule has 28 heavy (non-hydrogen) atoms. The Bertz CT molecular complexity index is 664. The molecule has 156 valence electrons. The molecule has 2 heterocycles. The maximum Gasteiger partial charge on any atom is 0.225 e. The van der Waals surface area contributed by atoms with Crippen molar-refractivity contribution in [3.63, 3.8) is 0 Å². The van der Waals surface area contributed by atoms with E-state index in [0.29, 0.717) is 18.3 Å². The zero-order valence-electron chi connectivity index (χ0n) is 16.8. The number of hydrogen-bond acceptors (Lipinski definition) is 4. The van der Waals surface area contributed by atoms with Crippen molar-refractivity contribution in [1.82, 2.24) is 20.5 Å². The first-order chi connectivity index (χ1) is 13.2. The lowest BCUT2D eigenvalue weighted by molar-refractivity contribution is -0.135. The number of hydrogen-bond donors (Lipinski definition) is 2. The topological polar surface area (TPSA) is 78.9 Å². The minimum absolute atomic E-state index is 0. The van der Waals surface area contributed by atoms with Gasteiger partial charge in [-0.1, -0.05) is 25.3 Å². The number of amides is 1. The number of guanidine groups is 1. The number of halogens is 1. The molecule has 2 fully saturated rings. The Hall–Kier alpha value is -1.58. The Morgan fingerprint density at radius 1 is 1.29 bits per heavy atom. The Kier molecular flexibility index (Phi) is 9.27. The summed E-state index contributed by atoms with van der Waals surface area (Å²) in [5.74, 6) is 1.93. The largest absolute Gasteiger partial charge is 0.481 e. The van der Waals surface area contributed by atoms with Crippen LogP contribution in [-0.2, 0) is 11.3 Å². The van der Waals surface area contributed by atoms with Gasteiger partial charge in [0.2, 0.25) is 11.8 Å². The van der Waals surface area contributed by atoms with Gasteiger partial charge in [-0.05, 0) is 25.3 Å². The van der Waals surface area contributed by atoms with Crippen LogP contribution in [0.15, 0.2) is 23.2 Å². The van der Waals surface area contributed by atoms with E-state index in [1.807, 2.05) is 23.1 Å². The summed E-state index contributed by atoms with van der Waals surface area (Å²) in [7, 11) is 3.37. The van der Waals surface area contributed by atoms with Gasteiger partial charge in [-0.15, -0.1) is 24.0 Å². The highest BCUT2D eigenvalue weighted by Crippen LogP contribution is 2.26. The molecule has 8 heteroatoms. The van der Waals surface area contributed by atoms with Gasteiger partial charge in [-0.3, -0.25) is 9.79 Å². The minimum atomic E-state index is 0. The molecule has 1 saturated heterocycles. The Balaban J connectivity index is 0.00000280.